The Bertz CT molecular complexity index is 1120. The van der Waals surface area contributed by atoms with Crippen molar-refractivity contribution in [2.45, 2.75) is 6.18 Å². The van der Waals surface area contributed by atoms with Crippen molar-refractivity contribution in [2.75, 3.05) is 5.32 Å². The number of amides is 1. The smallest absolute Gasteiger partial charge is 0.366 e. The van der Waals surface area contributed by atoms with Crippen LogP contribution in [0.15, 0.2) is 70.7 Å². The van der Waals surface area contributed by atoms with Crippen LogP contribution in [-0.2, 0) is 4.79 Å². The van der Waals surface area contributed by atoms with Gasteiger partial charge in [0.1, 0.15) is 0 Å². The van der Waals surface area contributed by atoms with Crippen LogP contribution in [0, 0.1) is 5.41 Å². The van der Waals surface area contributed by atoms with Crippen LogP contribution in [0.2, 0.25) is 10.0 Å². The topological polar surface area (TPSA) is 91.3 Å². The number of primary amides is 1. The maximum Gasteiger partial charge on any atom is 0.434 e. The monoisotopic (exact) mass is 452 g/mol. The Balaban J connectivity index is 2.24. The molecule has 30 heavy (non-hydrogen) atoms. The molecule has 0 fully saturated rings. The number of benzene rings is 2. The van der Waals surface area contributed by atoms with E-state index >= 15 is 0 Å². The van der Waals surface area contributed by atoms with Gasteiger partial charge in [0.15, 0.2) is 11.5 Å². The molecule has 154 valence electrons. The van der Waals surface area contributed by atoms with Gasteiger partial charge in [0, 0.05) is 10.6 Å². The summed E-state index contributed by atoms with van der Waals surface area (Å²) >= 11 is 12.1. The van der Waals surface area contributed by atoms with E-state index in [1.54, 1.807) is 48.5 Å². The minimum absolute atomic E-state index is 0.0703. The Hall–Kier alpha value is -3.10. The Morgan fingerprint density at radius 1 is 1.07 bits per heavy atom. The van der Waals surface area contributed by atoms with Crippen LogP contribution in [-0.4, -0.2) is 23.6 Å². The molecule has 1 heterocycles. The Kier molecular flexibility index (Phi) is 6.00. The van der Waals surface area contributed by atoms with Gasteiger partial charge in [-0.3, -0.25) is 10.2 Å². The summed E-state index contributed by atoms with van der Waals surface area (Å²) in [4.78, 5) is 15.0. The lowest BCUT2D eigenvalue weighted by molar-refractivity contribution is -0.114. The van der Waals surface area contributed by atoms with E-state index in [4.69, 9.17) is 34.3 Å². The van der Waals surface area contributed by atoms with Gasteiger partial charge in [-0.1, -0.05) is 47.5 Å². The molecule has 0 saturated carbocycles. The number of hydrogen-bond acceptors (Lipinski definition) is 3. The second-order valence-electron chi connectivity index (χ2n) is 6.13. The van der Waals surface area contributed by atoms with Crippen LogP contribution in [0.5, 0.6) is 0 Å². The fourth-order valence-corrected chi connectivity index (χ4v) is 3.03. The molecule has 10 heteroatoms. The molecule has 0 radical (unpaired) electrons. The lowest BCUT2D eigenvalue weighted by Gasteiger charge is -2.21. The summed E-state index contributed by atoms with van der Waals surface area (Å²) in [5.41, 5.74) is 3.84. The third-order valence-electron chi connectivity index (χ3n) is 4.09. The van der Waals surface area contributed by atoms with Crippen molar-refractivity contribution >= 4 is 52.0 Å². The maximum absolute atomic E-state index is 13.3. The number of halogens is 5. The largest absolute Gasteiger partial charge is 0.434 e. The fraction of sp³-hybridized carbons (Fsp3) is 0.0500. The van der Waals surface area contributed by atoms with Crippen molar-refractivity contribution in [3.63, 3.8) is 0 Å². The molecule has 1 amide bonds. The highest BCUT2D eigenvalue weighted by atomic mass is 35.5. The van der Waals surface area contributed by atoms with E-state index in [-0.39, 0.29) is 11.3 Å². The molecule has 0 saturated heterocycles. The molecule has 1 aliphatic heterocycles. The lowest BCUT2D eigenvalue weighted by atomic mass is 9.97. The predicted molar refractivity (Wildman–Crippen MR) is 112 cm³/mol. The van der Waals surface area contributed by atoms with Crippen molar-refractivity contribution in [1.29, 1.82) is 5.41 Å². The summed E-state index contributed by atoms with van der Waals surface area (Å²) in [6.07, 6.45) is -4.05. The highest BCUT2D eigenvalue weighted by Gasteiger charge is 2.42. The molecule has 0 spiro atoms. The summed E-state index contributed by atoms with van der Waals surface area (Å²) < 4.78 is 39.8. The second kappa shape index (κ2) is 8.33. The normalized spacial score (nSPS) is 16.0. The van der Waals surface area contributed by atoms with Gasteiger partial charge in [-0.25, -0.2) is 4.99 Å². The Morgan fingerprint density at radius 3 is 2.27 bits per heavy atom. The molecular weight excluding hydrogens is 440 g/mol. The minimum atomic E-state index is -4.95. The van der Waals surface area contributed by atoms with Crippen LogP contribution in [0.25, 0.3) is 5.70 Å². The molecule has 0 unspecified atom stereocenters. The first-order valence-electron chi connectivity index (χ1n) is 8.36. The van der Waals surface area contributed by atoms with Gasteiger partial charge >= 0.3 is 6.18 Å². The lowest BCUT2D eigenvalue weighted by Crippen LogP contribution is -2.35. The van der Waals surface area contributed by atoms with Crippen molar-refractivity contribution in [2.24, 2.45) is 10.7 Å². The first kappa shape index (κ1) is 21.6. The number of hydrogen-bond donors (Lipinski definition) is 3. The fourth-order valence-electron chi connectivity index (χ4n) is 2.72. The summed E-state index contributed by atoms with van der Waals surface area (Å²) in [5.74, 6) is -2.01. The van der Waals surface area contributed by atoms with Crippen molar-refractivity contribution in [3.8, 4) is 0 Å². The third-order valence-corrected chi connectivity index (χ3v) is 4.67. The number of amidine groups is 1. The van der Waals surface area contributed by atoms with Crippen LogP contribution in [0.4, 0.5) is 18.9 Å². The number of para-hydroxylation sites is 1. The number of dihydropyridines is 1. The summed E-state index contributed by atoms with van der Waals surface area (Å²) in [6, 6.07) is 13.0. The number of carbonyl (C=O) groups excluding carboxylic acids is 1. The SMILES string of the molecule is N=C1N=C(C(F)(F)F)C(C(N)=O)=C/C1=C(/Nc1ccccc1Cl)c1ccc(Cl)cc1. The Morgan fingerprint density at radius 2 is 1.70 bits per heavy atom. The first-order chi connectivity index (χ1) is 14.1. The van der Waals surface area contributed by atoms with Crippen molar-refractivity contribution in [3.05, 3.63) is 81.4 Å². The summed E-state index contributed by atoms with van der Waals surface area (Å²) in [5, 5.41) is 11.9. The van der Waals surface area contributed by atoms with Gasteiger partial charge in [0.25, 0.3) is 5.91 Å². The second-order valence-corrected chi connectivity index (χ2v) is 6.97. The van der Waals surface area contributed by atoms with E-state index in [0.717, 1.165) is 6.08 Å². The third kappa shape index (κ3) is 4.55. The van der Waals surface area contributed by atoms with Crippen molar-refractivity contribution < 1.29 is 18.0 Å². The molecule has 0 bridgehead atoms. The average molecular weight is 453 g/mol. The number of nitrogens with one attached hydrogen (secondary N) is 2. The van der Waals surface area contributed by atoms with E-state index in [1.165, 1.54) is 0 Å². The number of carbonyl (C=O) groups is 1. The number of rotatable bonds is 4. The molecule has 1 aliphatic rings. The van der Waals surface area contributed by atoms with E-state index < -0.39 is 29.2 Å². The zero-order chi connectivity index (χ0) is 22.1. The maximum atomic E-state index is 13.3. The zero-order valence-electron chi connectivity index (χ0n) is 15.0. The highest BCUT2D eigenvalue weighted by Crippen LogP contribution is 2.33. The van der Waals surface area contributed by atoms with Gasteiger partial charge in [-0.15, -0.1) is 0 Å². The summed E-state index contributed by atoms with van der Waals surface area (Å²) in [6.45, 7) is 0. The molecule has 2 aromatic carbocycles. The standard InChI is InChI=1S/C20H13Cl2F3N4O/c21-11-7-5-10(6-8-11)16(28-15-4-2-1-3-14(15)22)12-9-13(19(27)30)17(20(23,24)25)29-18(12)26/h1-9,26,28H,(H2,27,30)/b16-12-,26-18?. The van der Waals surface area contributed by atoms with E-state index in [2.05, 4.69) is 10.3 Å². The molecule has 2 aromatic rings. The number of nitrogens with two attached hydrogens (primary N) is 1. The molecule has 4 N–H and O–H groups in total. The quantitative estimate of drug-likeness (QED) is 0.592. The van der Waals surface area contributed by atoms with Gasteiger partial charge in [-0.2, -0.15) is 13.2 Å². The zero-order valence-corrected chi connectivity index (χ0v) is 16.5. The number of aliphatic imine (C=N–C) groups is 1. The van der Waals surface area contributed by atoms with Gasteiger partial charge in [-0.05, 0) is 35.9 Å². The molecule has 3 rings (SSSR count). The molecule has 0 aromatic heterocycles. The predicted octanol–water partition coefficient (Wildman–Crippen LogP) is 5.22. The highest BCUT2D eigenvalue weighted by molar-refractivity contribution is 6.34. The van der Waals surface area contributed by atoms with Crippen LogP contribution < -0.4 is 11.1 Å². The van der Waals surface area contributed by atoms with E-state index in [1.807, 2.05) is 0 Å². The number of alkyl halides is 3. The Labute approximate surface area is 179 Å². The minimum Gasteiger partial charge on any atom is -0.366 e. The van der Waals surface area contributed by atoms with Gasteiger partial charge in [0.2, 0.25) is 0 Å². The first-order valence-corrected chi connectivity index (χ1v) is 9.12. The van der Waals surface area contributed by atoms with Crippen LogP contribution >= 0.6 is 23.2 Å². The van der Waals surface area contributed by atoms with Crippen molar-refractivity contribution in [1.82, 2.24) is 0 Å². The molecule has 5 nitrogen and oxygen atoms in total. The van der Waals surface area contributed by atoms with Gasteiger partial charge < -0.3 is 11.1 Å². The van der Waals surface area contributed by atoms with Gasteiger partial charge in [0.05, 0.1) is 22.0 Å². The van der Waals surface area contributed by atoms with Crippen LogP contribution in [0.3, 0.4) is 0 Å². The van der Waals surface area contributed by atoms with E-state index in [0.29, 0.717) is 21.3 Å². The number of nitrogens with zero attached hydrogens (tertiary/aromatic N) is 1. The summed E-state index contributed by atoms with van der Waals surface area (Å²) in [7, 11) is 0. The molecule has 0 aliphatic carbocycles. The average Bonchev–Trinajstić information content (AvgIpc) is 2.67. The molecule has 0 atom stereocenters. The molecular formula is C20H13Cl2F3N4O. The van der Waals surface area contributed by atoms with Crippen LogP contribution in [0.1, 0.15) is 5.56 Å². The number of anilines is 1. The van der Waals surface area contributed by atoms with E-state index in [9.17, 15) is 18.0 Å².